The highest BCUT2D eigenvalue weighted by Crippen LogP contribution is 2.31. The zero-order chi connectivity index (χ0) is 25.8. The van der Waals surface area contributed by atoms with E-state index >= 15 is 0 Å². The Morgan fingerprint density at radius 1 is 0.892 bits per heavy atom. The number of carbonyl (C=O) groups is 2. The topological polar surface area (TPSA) is 105 Å². The largest absolute Gasteiger partial charge is 0.371 e. The minimum atomic E-state index is -0.533. The van der Waals surface area contributed by atoms with Crippen molar-refractivity contribution in [3.63, 3.8) is 0 Å². The molecule has 2 aliphatic rings. The number of non-ortho nitro benzene ring substituents is 1. The number of nitro benzene ring substituents is 1. The number of carbonyl (C=O) groups excluding carboxylic acids is 2. The van der Waals surface area contributed by atoms with Crippen molar-refractivity contribution in [1.29, 1.82) is 0 Å². The fourth-order valence-electron chi connectivity index (χ4n) is 4.85. The van der Waals surface area contributed by atoms with Crippen LogP contribution in [0.4, 0.5) is 17.1 Å². The van der Waals surface area contributed by atoms with E-state index in [-0.39, 0.29) is 23.2 Å². The number of nitro groups is 1. The van der Waals surface area contributed by atoms with Crippen molar-refractivity contribution in [3.05, 3.63) is 99.6 Å². The van der Waals surface area contributed by atoms with E-state index in [0.717, 1.165) is 50.9 Å². The smallest absolute Gasteiger partial charge is 0.270 e. The van der Waals surface area contributed by atoms with Crippen molar-refractivity contribution in [3.8, 4) is 0 Å². The molecule has 0 bridgehead atoms. The summed E-state index contributed by atoms with van der Waals surface area (Å²) in [6, 6.07) is 21.7. The van der Waals surface area contributed by atoms with Crippen molar-refractivity contribution in [2.75, 3.05) is 23.3 Å². The van der Waals surface area contributed by atoms with E-state index in [0.29, 0.717) is 17.2 Å². The normalized spacial score (nSPS) is 15.7. The average Bonchev–Trinajstić information content (AvgIpc) is 3.74. The molecule has 2 fully saturated rings. The summed E-state index contributed by atoms with van der Waals surface area (Å²) in [4.78, 5) is 38.7. The number of amides is 2. The number of hydrogen-bond donors (Lipinski definition) is 2. The molecule has 1 heterocycles. The first-order chi connectivity index (χ1) is 18.0. The van der Waals surface area contributed by atoms with Crippen LogP contribution in [0.2, 0.25) is 0 Å². The molecule has 2 N–H and O–H groups in total. The van der Waals surface area contributed by atoms with Gasteiger partial charge in [-0.25, -0.2) is 0 Å². The first-order valence-corrected chi connectivity index (χ1v) is 12.8. The fraction of sp³-hybridized carbons (Fsp3) is 0.310. The third-order valence-corrected chi connectivity index (χ3v) is 7.05. The van der Waals surface area contributed by atoms with Gasteiger partial charge in [0, 0.05) is 48.2 Å². The molecule has 190 valence electrons. The molecule has 37 heavy (non-hydrogen) atoms. The third-order valence-electron chi connectivity index (χ3n) is 7.05. The summed E-state index contributed by atoms with van der Waals surface area (Å²) in [5.41, 5.74) is 3.26. The van der Waals surface area contributed by atoms with Gasteiger partial charge in [0.25, 0.3) is 17.5 Å². The summed E-state index contributed by atoms with van der Waals surface area (Å²) in [5, 5.41) is 16.9. The van der Waals surface area contributed by atoms with Gasteiger partial charge in [-0.05, 0) is 67.9 Å². The van der Waals surface area contributed by atoms with Gasteiger partial charge in [-0.1, -0.05) is 36.4 Å². The van der Waals surface area contributed by atoms with Crippen molar-refractivity contribution in [1.82, 2.24) is 5.32 Å². The van der Waals surface area contributed by atoms with Crippen LogP contribution in [0.3, 0.4) is 0 Å². The van der Waals surface area contributed by atoms with Gasteiger partial charge < -0.3 is 15.5 Å². The lowest BCUT2D eigenvalue weighted by atomic mass is 9.89. The van der Waals surface area contributed by atoms with Crippen molar-refractivity contribution in [2.45, 2.75) is 38.1 Å². The molecule has 3 aromatic carbocycles. The second kappa shape index (κ2) is 10.8. The maximum absolute atomic E-state index is 13.2. The Balaban J connectivity index is 1.31. The van der Waals surface area contributed by atoms with Crippen LogP contribution >= 0.6 is 0 Å². The van der Waals surface area contributed by atoms with Gasteiger partial charge in [0.05, 0.1) is 10.5 Å². The van der Waals surface area contributed by atoms with Crippen LogP contribution in [0.15, 0.2) is 72.8 Å². The van der Waals surface area contributed by atoms with E-state index in [4.69, 9.17) is 0 Å². The van der Waals surface area contributed by atoms with Crippen LogP contribution in [0, 0.1) is 16.0 Å². The van der Waals surface area contributed by atoms with Crippen LogP contribution in [0.25, 0.3) is 0 Å². The molecule has 0 aromatic heterocycles. The molecule has 5 rings (SSSR count). The van der Waals surface area contributed by atoms with Crippen LogP contribution in [0.1, 0.15) is 52.0 Å². The van der Waals surface area contributed by atoms with Gasteiger partial charge in [-0.15, -0.1) is 0 Å². The Kier molecular flexibility index (Phi) is 7.16. The Morgan fingerprint density at radius 3 is 2.35 bits per heavy atom. The third kappa shape index (κ3) is 6.14. The summed E-state index contributed by atoms with van der Waals surface area (Å²) in [5.74, 6) is -0.00188. The van der Waals surface area contributed by atoms with Crippen molar-refractivity contribution >= 4 is 28.9 Å². The molecule has 8 nitrogen and oxygen atoms in total. The number of nitrogens with zero attached hydrogens (tertiary/aromatic N) is 2. The Hall–Kier alpha value is -4.20. The van der Waals surface area contributed by atoms with Crippen LogP contribution in [-0.2, 0) is 6.42 Å². The molecule has 1 aliphatic heterocycles. The van der Waals surface area contributed by atoms with Gasteiger partial charge in [0.2, 0.25) is 0 Å². The van der Waals surface area contributed by atoms with Gasteiger partial charge in [-0.3, -0.25) is 19.7 Å². The van der Waals surface area contributed by atoms with E-state index < -0.39 is 10.8 Å². The highest BCUT2D eigenvalue weighted by molar-refractivity contribution is 6.06. The summed E-state index contributed by atoms with van der Waals surface area (Å²) in [6.07, 6.45) is 5.12. The Labute approximate surface area is 215 Å². The van der Waals surface area contributed by atoms with Gasteiger partial charge >= 0.3 is 0 Å². The molecule has 0 atom stereocenters. The molecule has 0 spiro atoms. The van der Waals surface area contributed by atoms with E-state index in [1.807, 2.05) is 12.1 Å². The molecule has 1 saturated carbocycles. The summed E-state index contributed by atoms with van der Waals surface area (Å²) in [7, 11) is 0. The average molecular weight is 499 g/mol. The summed E-state index contributed by atoms with van der Waals surface area (Å²) >= 11 is 0. The predicted molar refractivity (Wildman–Crippen MR) is 143 cm³/mol. The molecule has 0 unspecified atom stereocenters. The van der Waals surface area contributed by atoms with E-state index in [1.165, 1.54) is 29.8 Å². The first-order valence-electron chi connectivity index (χ1n) is 12.8. The van der Waals surface area contributed by atoms with Crippen molar-refractivity contribution < 1.29 is 14.5 Å². The molecule has 0 radical (unpaired) electrons. The van der Waals surface area contributed by atoms with Crippen LogP contribution in [-0.4, -0.2) is 35.9 Å². The van der Waals surface area contributed by atoms with E-state index in [1.54, 1.807) is 12.1 Å². The zero-order valence-corrected chi connectivity index (χ0v) is 20.6. The predicted octanol–water partition coefficient (Wildman–Crippen LogP) is 5.20. The van der Waals surface area contributed by atoms with Crippen LogP contribution < -0.4 is 15.5 Å². The number of rotatable bonds is 8. The van der Waals surface area contributed by atoms with Gasteiger partial charge in [-0.2, -0.15) is 0 Å². The quantitative estimate of drug-likeness (QED) is 0.328. The highest BCUT2D eigenvalue weighted by atomic mass is 16.6. The lowest BCUT2D eigenvalue weighted by molar-refractivity contribution is -0.384. The molecular weight excluding hydrogens is 468 g/mol. The van der Waals surface area contributed by atoms with E-state index in [9.17, 15) is 19.7 Å². The summed E-state index contributed by atoms with van der Waals surface area (Å²) in [6.45, 7) is 1.72. The zero-order valence-electron chi connectivity index (χ0n) is 20.6. The number of nitrogens with one attached hydrogen (secondary N) is 2. The second-order valence-corrected chi connectivity index (χ2v) is 9.86. The minimum Gasteiger partial charge on any atom is -0.371 e. The Bertz CT molecular complexity index is 1300. The van der Waals surface area contributed by atoms with Gasteiger partial charge in [0.15, 0.2) is 0 Å². The van der Waals surface area contributed by atoms with Gasteiger partial charge in [0.1, 0.15) is 0 Å². The number of piperidine rings is 1. The highest BCUT2D eigenvalue weighted by Gasteiger charge is 2.28. The number of anilines is 2. The maximum Gasteiger partial charge on any atom is 0.270 e. The molecule has 8 heteroatoms. The minimum absolute atomic E-state index is 0.143. The van der Waals surface area contributed by atoms with Crippen molar-refractivity contribution in [2.24, 2.45) is 5.92 Å². The lowest BCUT2D eigenvalue weighted by Gasteiger charge is -2.35. The molecule has 3 aromatic rings. The first kappa shape index (κ1) is 24.5. The maximum atomic E-state index is 13.2. The molecule has 2 amide bonds. The monoisotopic (exact) mass is 498 g/mol. The number of benzene rings is 3. The number of hydrogen-bond acceptors (Lipinski definition) is 5. The summed E-state index contributed by atoms with van der Waals surface area (Å²) < 4.78 is 0. The molecular formula is C29H30N4O4. The SMILES string of the molecule is O=C(Nc1ccc(N2CCC(Cc3ccccc3)CC2)c(C(=O)NC2CC2)c1)c1cccc([N+](=O)[O-])c1. The van der Waals surface area contributed by atoms with E-state index in [2.05, 4.69) is 39.8 Å². The fourth-order valence-corrected chi connectivity index (χ4v) is 4.85. The Morgan fingerprint density at radius 2 is 1.65 bits per heavy atom. The molecule has 1 aliphatic carbocycles. The molecule has 1 saturated heterocycles. The lowest BCUT2D eigenvalue weighted by Crippen LogP contribution is -2.36. The standard InChI is InChI=1S/C29H30N4O4/c34-28(22-7-4-8-25(18-22)33(36)37)31-24-11-12-27(26(19-24)29(35)30-23-9-10-23)32-15-13-21(14-16-32)17-20-5-2-1-3-6-20/h1-8,11-12,18-19,21,23H,9-10,13-17H2,(H,30,35)(H,31,34). The second-order valence-electron chi connectivity index (χ2n) is 9.86. The van der Waals surface area contributed by atoms with Crippen LogP contribution in [0.5, 0.6) is 0 Å².